The predicted octanol–water partition coefficient (Wildman–Crippen LogP) is 5.74. The van der Waals surface area contributed by atoms with Gasteiger partial charge < -0.3 is 9.47 Å². The molecule has 0 heterocycles. The molecule has 0 bridgehead atoms. The Morgan fingerprint density at radius 1 is 1.08 bits per heavy atom. The number of hydrogen-bond acceptors (Lipinski definition) is 3. The number of rotatable bonds is 4. The number of carbonyl (C=O) groups is 1. The molecule has 3 aromatic rings. The Labute approximate surface area is 149 Å². The summed E-state index contributed by atoms with van der Waals surface area (Å²) in [6, 6.07) is 17.5. The highest BCUT2D eigenvalue weighted by molar-refractivity contribution is 9.10. The van der Waals surface area contributed by atoms with E-state index in [4.69, 9.17) is 9.47 Å². The SMILES string of the molecule is CCc1cc(Oc2ccc(Br)cc2C(=O)OC)cc2ccccc12. The highest BCUT2D eigenvalue weighted by Gasteiger charge is 2.15. The fourth-order valence-corrected chi connectivity index (χ4v) is 3.06. The van der Waals surface area contributed by atoms with Crippen LogP contribution in [0, 0.1) is 0 Å². The van der Waals surface area contributed by atoms with Crippen molar-refractivity contribution in [2.24, 2.45) is 0 Å². The molecule has 0 N–H and O–H groups in total. The minimum Gasteiger partial charge on any atom is -0.465 e. The maximum Gasteiger partial charge on any atom is 0.341 e. The number of methoxy groups -OCH3 is 1. The molecule has 24 heavy (non-hydrogen) atoms. The molecular weight excluding hydrogens is 368 g/mol. The van der Waals surface area contributed by atoms with Gasteiger partial charge in [-0.3, -0.25) is 0 Å². The molecule has 3 nitrogen and oxygen atoms in total. The molecule has 0 atom stereocenters. The third-order valence-electron chi connectivity index (χ3n) is 3.88. The topological polar surface area (TPSA) is 35.5 Å². The summed E-state index contributed by atoms with van der Waals surface area (Å²) in [6.07, 6.45) is 0.905. The predicted molar refractivity (Wildman–Crippen MR) is 98.9 cm³/mol. The first-order chi connectivity index (χ1) is 11.6. The van der Waals surface area contributed by atoms with Crippen LogP contribution in [0.2, 0.25) is 0 Å². The lowest BCUT2D eigenvalue weighted by molar-refractivity contribution is 0.0598. The minimum absolute atomic E-state index is 0.387. The van der Waals surface area contributed by atoms with Crippen LogP contribution in [-0.4, -0.2) is 13.1 Å². The van der Waals surface area contributed by atoms with Crippen molar-refractivity contribution in [2.45, 2.75) is 13.3 Å². The average Bonchev–Trinajstić information content (AvgIpc) is 2.61. The van der Waals surface area contributed by atoms with Gasteiger partial charge in [0.05, 0.1) is 7.11 Å². The maximum absolute atomic E-state index is 12.0. The summed E-state index contributed by atoms with van der Waals surface area (Å²) in [5, 5.41) is 2.33. The van der Waals surface area contributed by atoms with Crippen molar-refractivity contribution < 1.29 is 14.3 Å². The van der Waals surface area contributed by atoms with Crippen molar-refractivity contribution in [1.29, 1.82) is 0 Å². The van der Waals surface area contributed by atoms with E-state index in [2.05, 4.69) is 35.0 Å². The Hall–Kier alpha value is -2.33. The molecule has 4 heteroatoms. The van der Waals surface area contributed by atoms with E-state index in [9.17, 15) is 4.79 Å². The van der Waals surface area contributed by atoms with Gasteiger partial charge in [-0.15, -0.1) is 0 Å². The number of carbonyl (C=O) groups excluding carboxylic acids is 1. The molecule has 0 spiro atoms. The first-order valence-electron chi connectivity index (χ1n) is 7.69. The molecule has 3 rings (SSSR count). The summed E-state index contributed by atoms with van der Waals surface area (Å²) in [4.78, 5) is 12.0. The summed E-state index contributed by atoms with van der Waals surface area (Å²) >= 11 is 3.37. The molecule has 0 aliphatic carbocycles. The second kappa shape index (κ2) is 7.05. The number of halogens is 1. The van der Waals surface area contributed by atoms with Gasteiger partial charge >= 0.3 is 5.97 Å². The molecular formula is C20H17BrO3. The van der Waals surface area contributed by atoms with Crippen LogP contribution in [0.25, 0.3) is 10.8 Å². The lowest BCUT2D eigenvalue weighted by Gasteiger charge is -2.13. The van der Waals surface area contributed by atoms with Crippen LogP contribution in [0.1, 0.15) is 22.8 Å². The number of ether oxygens (including phenoxy) is 2. The van der Waals surface area contributed by atoms with Gasteiger partial charge in [-0.05, 0) is 53.1 Å². The van der Waals surface area contributed by atoms with E-state index in [-0.39, 0.29) is 0 Å². The summed E-state index contributed by atoms with van der Waals surface area (Å²) < 4.78 is 11.7. The van der Waals surface area contributed by atoms with Gasteiger partial charge in [-0.1, -0.05) is 47.1 Å². The van der Waals surface area contributed by atoms with Crippen LogP contribution in [-0.2, 0) is 11.2 Å². The molecule has 0 fully saturated rings. The quantitative estimate of drug-likeness (QED) is 0.537. The zero-order chi connectivity index (χ0) is 17.1. The number of benzene rings is 3. The maximum atomic E-state index is 12.0. The molecule has 0 saturated carbocycles. The lowest BCUT2D eigenvalue weighted by atomic mass is 10.0. The van der Waals surface area contributed by atoms with Crippen molar-refractivity contribution in [2.75, 3.05) is 7.11 Å². The first-order valence-corrected chi connectivity index (χ1v) is 8.49. The molecule has 3 aromatic carbocycles. The summed E-state index contributed by atoms with van der Waals surface area (Å²) in [7, 11) is 1.36. The Bertz CT molecular complexity index is 903. The van der Waals surface area contributed by atoms with Crippen LogP contribution in [0.3, 0.4) is 0 Å². The fourth-order valence-electron chi connectivity index (χ4n) is 2.70. The number of aryl methyl sites for hydroxylation is 1. The van der Waals surface area contributed by atoms with E-state index in [1.165, 1.54) is 18.1 Å². The van der Waals surface area contributed by atoms with E-state index in [0.29, 0.717) is 17.1 Å². The van der Waals surface area contributed by atoms with Crippen molar-refractivity contribution in [1.82, 2.24) is 0 Å². The van der Waals surface area contributed by atoms with Gasteiger partial charge in [0.25, 0.3) is 0 Å². The summed E-state index contributed by atoms with van der Waals surface area (Å²) in [5.41, 5.74) is 1.60. The Morgan fingerprint density at radius 2 is 1.88 bits per heavy atom. The van der Waals surface area contributed by atoms with E-state index < -0.39 is 5.97 Å². The highest BCUT2D eigenvalue weighted by Crippen LogP contribution is 2.32. The largest absolute Gasteiger partial charge is 0.465 e. The summed E-state index contributed by atoms with van der Waals surface area (Å²) in [6.45, 7) is 2.12. The standard InChI is InChI=1S/C20H17BrO3/c1-3-13-10-16(11-14-6-4-5-7-17(13)14)24-19-9-8-15(21)12-18(19)20(22)23-2/h4-12H,3H2,1-2H3. The van der Waals surface area contributed by atoms with Crippen molar-refractivity contribution in [3.8, 4) is 11.5 Å². The average molecular weight is 385 g/mol. The molecule has 122 valence electrons. The molecule has 0 aliphatic heterocycles. The van der Waals surface area contributed by atoms with Gasteiger partial charge in [0, 0.05) is 4.47 Å². The minimum atomic E-state index is -0.428. The Morgan fingerprint density at radius 3 is 2.62 bits per heavy atom. The normalized spacial score (nSPS) is 10.6. The number of hydrogen-bond donors (Lipinski definition) is 0. The summed E-state index contributed by atoms with van der Waals surface area (Å²) in [5.74, 6) is 0.753. The van der Waals surface area contributed by atoms with Crippen molar-refractivity contribution in [3.05, 3.63) is 70.2 Å². The van der Waals surface area contributed by atoms with Gasteiger partial charge in [-0.2, -0.15) is 0 Å². The molecule has 0 unspecified atom stereocenters. The first kappa shape index (κ1) is 16.5. The third-order valence-corrected chi connectivity index (χ3v) is 4.37. The van der Waals surface area contributed by atoms with E-state index in [1.807, 2.05) is 30.3 Å². The van der Waals surface area contributed by atoms with E-state index in [1.54, 1.807) is 12.1 Å². The van der Waals surface area contributed by atoms with Gasteiger partial charge in [0.15, 0.2) is 0 Å². The highest BCUT2D eigenvalue weighted by atomic mass is 79.9. The molecule has 0 amide bonds. The third kappa shape index (κ3) is 3.29. The van der Waals surface area contributed by atoms with Crippen LogP contribution in [0.15, 0.2) is 59.1 Å². The number of fused-ring (bicyclic) bond motifs is 1. The zero-order valence-electron chi connectivity index (χ0n) is 13.5. The zero-order valence-corrected chi connectivity index (χ0v) is 15.1. The van der Waals surface area contributed by atoms with Crippen LogP contribution in [0.4, 0.5) is 0 Å². The lowest BCUT2D eigenvalue weighted by Crippen LogP contribution is -2.04. The van der Waals surface area contributed by atoms with Gasteiger partial charge in [0.2, 0.25) is 0 Å². The van der Waals surface area contributed by atoms with Crippen LogP contribution < -0.4 is 4.74 Å². The number of esters is 1. The molecule has 0 saturated heterocycles. The molecule has 0 aromatic heterocycles. The fraction of sp³-hybridized carbons (Fsp3) is 0.150. The second-order valence-electron chi connectivity index (χ2n) is 5.39. The van der Waals surface area contributed by atoms with Crippen LogP contribution in [0.5, 0.6) is 11.5 Å². The van der Waals surface area contributed by atoms with Gasteiger partial charge in [0.1, 0.15) is 17.1 Å². The van der Waals surface area contributed by atoms with Crippen LogP contribution >= 0.6 is 15.9 Å². The molecule has 0 aliphatic rings. The van der Waals surface area contributed by atoms with Crippen molar-refractivity contribution in [3.63, 3.8) is 0 Å². The molecule has 0 radical (unpaired) electrons. The van der Waals surface area contributed by atoms with E-state index >= 15 is 0 Å². The van der Waals surface area contributed by atoms with Crippen molar-refractivity contribution >= 4 is 32.7 Å². The Kier molecular flexibility index (Phi) is 4.86. The van der Waals surface area contributed by atoms with E-state index in [0.717, 1.165) is 16.3 Å². The second-order valence-corrected chi connectivity index (χ2v) is 6.31. The monoisotopic (exact) mass is 384 g/mol. The van der Waals surface area contributed by atoms with Gasteiger partial charge in [-0.25, -0.2) is 4.79 Å². The Balaban J connectivity index is 2.06. The smallest absolute Gasteiger partial charge is 0.341 e.